The Balaban J connectivity index is 1.46. The second-order valence-corrected chi connectivity index (χ2v) is 8.95. The van der Waals surface area contributed by atoms with Crippen molar-refractivity contribution in [2.45, 2.75) is 9.92 Å². The second kappa shape index (κ2) is 7.96. The van der Waals surface area contributed by atoms with Crippen molar-refractivity contribution in [2.24, 2.45) is 0 Å². The largest absolute Gasteiger partial charge is 0.366 e. The van der Waals surface area contributed by atoms with Gasteiger partial charge in [-0.25, -0.2) is 12.8 Å². The highest BCUT2D eigenvalue weighted by Gasteiger charge is 2.23. The highest BCUT2D eigenvalue weighted by atomic mass is 35.5. The van der Waals surface area contributed by atoms with Gasteiger partial charge in [-0.3, -0.25) is 0 Å². The average molecular weight is 433 g/mol. The summed E-state index contributed by atoms with van der Waals surface area (Å²) >= 11 is 5.82. The molecule has 0 N–H and O–H groups in total. The Bertz CT molecular complexity index is 1100. The number of para-hydroxylation sites is 1. The van der Waals surface area contributed by atoms with Crippen LogP contribution in [0.5, 0.6) is 0 Å². The third-order valence-corrected chi connectivity index (χ3v) is 6.74. The van der Waals surface area contributed by atoms with E-state index in [0.29, 0.717) is 42.7 Å². The predicted molar refractivity (Wildman–Crippen MR) is 110 cm³/mol. The van der Waals surface area contributed by atoms with Crippen molar-refractivity contribution >= 4 is 32.9 Å². The van der Waals surface area contributed by atoms with Crippen molar-refractivity contribution in [3.8, 4) is 0 Å². The van der Waals surface area contributed by atoms with Gasteiger partial charge in [-0.1, -0.05) is 23.7 Å². The molecule has 0 bridgehead atoms. The van der Waals surface area contributed by atoms with Crippen LogP contribution in [-0.4, -0.2) is 44.8 Å². The minimum absolute atomic E-state index is 0.113. The summed E-state index contributed by atoms with van der Waals surface area (Å²) in [6.07, 6.45) is 0. The van der Waals surface area contributed by atoms with Crippen LogP contribution >= 0.6 is 11.6 Å². The molecule has 0 radical (unpaired) electrons. The van der Waals surface area contributed by atoms with E-state index in [1.54, 1.807) is 18.2 Å². The molecule has 0 atom stereocenters. The first-order valence-corrected chi connectivity index (χ1v) is 10.9. The number of aromatic nitrogens is 2. The van der Waals surface area contributed by atoms with Gasteiger partial charge >= 0.3 is 0 Å². The van der Waals surface area contributed by atoms with Crippen molar-refractivity contribution in [2.75, 3.05) is 36.0 Å². The minimum atomic E-state index is -3.75. The third kappa shape index (κ3) is 4.04. The lowest BCUT2D eigenvalue weighted by molar-refractivity contribution is 0.587. The summed E-state index contributed by atoms with van der Waals surface area (Å²) in [6.45, 7) is 2.53. The maximum absolute atomic E-state index is 14.0. The van der Waals surface area contributed by atoms with Gasteiger partial charge in [0.2, 0.25) is 9.84 Å². The molecule has 150 valence electrons. The van der Waals surface area contributed by atoms with Gasteiger partial charge in [0.1, 0.15) is 5.82 Å². The van der Waals surface area contributed by atoms with Gasteiger partial charge < -0.3 is 9.80 Å². The molecule has 3 aromatic rings. The van der Waals surface area contributed by atoms with Crippen LogP contribution in [0.2, 0.25) is 5.02 Å². The minimum Gasteiger partial charge on any atom is -0.366 e. The molecular formula is C20H18ClFN4O2S. The number of sulfone groups is 1. The fourth-order valence-electron chi connectivity index (χ4n) is 3.24. The van der Waals surface area contributed by atoms with Gasteiger partial charge in [-0.05, 0) is 48.5 Å². The van der Waals surface area contributed by atoms with Crippen LogP contribution < -0.4 is 9.80 Å². The van der Waals surface area contributed by atoms with Crippen LogP contribution in [0.1, 0.15) is 0 Å². The van der Waals surface area contributed by atoms with E-state index in [2.05, 4.69) is 10.2 Å². The molecule has 1 aliphatic heterocycles. The van der Waals surface area contributed by atoms with E-state index >= 15 is 0 Å². The maximum atomic E-state index is 14.0. The summed E-state index contributed by atoms with van der Waals surface area (Å²) in [5.74, 6) is 0.353. The topological polar surface area (TPSA) is 66.4 Å². The Labute approximate surface area is 173 Å². The van der Waals surface area contributed by atoms with Crippen LogP contribution in [0.4, 0.5) is 15.9 Å². The zero-order chi connectivity index (χ0) is 20.4. The summed E-state index contributed by atoms with van der Waals surface area (Å²) in [6, 6.07) is 15.7. The normalized spacial score (nSPS) is 14.8. The first-order chi connectivity index (χ1) is 13.9. The number of anilines is 2. The number of hydrogen-bond donors (Lipinski definition) is 0. The van der Waals surface area contributed by atoms with Gasteiger partial charge in [0.05, 0.1) is 10.6 Å². The number of nitrogens with zero attached hydrogens (tertiary/aromatic N) is 4. The molecule has 2 heterocycles. The van der Waals surface area contributed by atoms with Gasteiger partial charge in [-0.2, -0.15) is 0 Å². The van der Waals surface area contributed by atoms with Crippen molar-refractivity contribution in [1.82, 2.24) is 10.2 Å². The Hall–Kier alpha value is -2.71. The molecular weight excluding hydrogens is 415 g/mol. The smallest absolute Gasteiger partial charge is 0.225 e. The molecule has 2 aromatic carbocycles. The van der Waals surface area contributed by atoms with E-state index in [0.717, 1.165) is 0 Å². The van der Waals surface area contributed by atoms with Crippen molar-refractivity contribution in [3.05, 3.63) is 71.5 Å². The Morgan fingerprint density at radius 3 is 2.10 bits per heavy atom. The van der Waals surface area contributed by atoms with Crippen molar-refractivity contribution in [3.63, 3.8) is 0 Å². The fourth-order valence-corrected chi connectivity index (χ4v) is 4.50. The molecule has 9 heteroatoms. The molecule has 0 spiro atoms. The lowest BCUT2D eigenvalue weighted by Gasteiger charge is -2.36. The number of halogens is 2. The number of piperazine rings is 1. The molecule has 1 saturated heterocycles. The zero-order valence-corrected chi connectivity index (χ0v) is 16.9. The first kappa shape index (κ1) is 19.6. The quantitative estimate of drug-likeness (QED) is 0.629. The Kier molecular flexibility index (Phi) is 5.38. The molecule has 0 saturated carbocycles. The lowest BCUT2D eigenvalue weighted by atomic mass is 10.2. The highest BCUT2D eigenvalue weighted by molar-refractivity contribution is 7.91. The molecule has 1 aromatic heterocycles. The molecule has 4 rings (SSSR count). The van der Waals surface area contributed by atoms with Gasteiger partial charge in [0, 0.05) is 31.2 Å². The number of rotatable bonds is 4. The molecule has 0 aliphatic carbocycles. The Morgan fingerprint density at radius 1 is 0.828 bits per heavy atom. The monoisotopic (exact) mass is 432 g/mol. The lowest BCUT2D eigenvalue weighted by Crippen LogP contribution is -2.47. The van der Waals surface area contributed by atoms with Gasteiger partial charge in [0.15, 0.2) is 10.8 Å². The van der Waals surface area contributed by atoms with E-state index in [-0.39, 0.29) is 15.7 Å². The molecule has 0 unspecified atom stereocenters. The van der Waals surface area contributed by atoms with Crippen LogP contribution in [0.15, 0.2) is 70.6 Å². The first-order valence-electron chi connectivity index (χ1n) is 9.04. The molecule has 0 amide bonds. The van der Waals surface area contributed by atoms with E-state index < -0.39 is 9.84 Å². The Morgan fingerprint density at radius 2 is 1.48 bits per heavy atom. The molecule has 6 nitrogen and oxygen atoms in total. The van der Waals surface area contributed by atoms with Gasteiger partial charge in [0.25, 0.3) is 0 Å². The number of hydrogen-bond acceptors (Lipinski definition) is 6. The van der Waals surface area contributed by atoms with Crippen LogP contribution in [0.3, 0.4) is 0 Å². The van der Waals surface area contributed by atoms with Crippen LogP contribution in [-0.2, 0) is 9.84 Å². The second-order valence-electron chi connectivity index (χ2n) is 6.61. The summed E-state index contributed by atoms with van der Waals surface area (Å²) in [5, 5.41) is 8.38. The average Bonchev–Trinajstić information content (AvgIpc) is 2.75. The predicted octanol–water partition coefficient (Wildman–Crippen LogP) is 3.43. The van der Waals surface area contributed by atoms with Gasteiger partial charge in [-0.15, -0.1) is 10.2 Å². The summed E-state index contributed by atoms with van der Waals surface area (Å²) in [7, 11) is -3.75. The summed E-state index contributed by atoms with van der Waals surface area (Å²) in [5.41, 5.74) is 0.586. The SMILES string of the molecule is O=S(=O)(c1ccc(Cl)cc1)c1ccc(N2CCN(c3ccccc3F)CC2)nn1. The fraction of sp³-hybridized carbons (Fsp3) is 0.200. The highest BCUT2D eigenvalue weighted by Crippen LogP contribution is 2.24. The standard InChI is InChI=1S/C20H18ClFN4O2S/c21-15-5-7-16(8-6-15)29(27,28)20-10-9-19(23-24-20)26-13-11-25(12-14-26)18-4-2-1-3-17(18)22/h1-10H,11-14H2. The summed E-state index contributed by atoms with van der Waals surface area (Å²) < 4.78 is 39.3. The molecule has 1 aliphatic rings. The van der Waals surface area contributed by atoms with Crippen molar-refractivity contribution in [1.29, 1.82) is 0 Å². The van der Waals surface area contributed by atoms with E-state index in [1.165, 1.54) is 36.4 Å². The van der Waals surface area contributed by atoms with E-state index in [1.807, 2.05) is 15.9 Å². The van der Waals surface area contributed by atoms with Crippen LogP contribution in [0.25, 0.3) is 0 Å². The molecule has 1 fully saturated rings. The zero-order valence-electron chi connectivity index (χ0n) is 15.4. The third-order valence-electron chi connectivity index (χ3n) is 4.82. The number of benzene rings is 2. The maximum Gasteiger partial charge on any atom is 0.225 e. The summed E-state index contributed by atoms with van der Waals surface area (Å²) in [4.78, 5) is 4.10. The van der Waals surface area contributed by atoms with E-state index in [4.69, 9.17) is 11.6 Å². The van der Waals surface area contributed by atoms with Crippen LogP contribution in [0, 0.1) is 5.82 Å². The van der Waals surface area contributed by atoms with E-state index in [9.17, 15) is 12.8 Å². The molecule has 29 heavy (non-hydrogen) atoms. The van der Waals surface area contributed by atoms with Crippen molar-refractivity contribution < 1.29 is 12.8 Å².